The fourth-order valence-electron chi connectivity index (χ4n) is 1.56. The lowest BCUT2D eigenvalue weighted by Gasteiger charge is -2.11. The standard InChI is InChI=1S/C13H8BrF2NO2/c14-9-4-1-5-10(19-13(15)16)11(9)12(18)8-3-2-6-17-7-8/h1-7,13H. The van der Waals surface area contributed by atoms with E-state index < -0.39 is 12.4 Å². The summed E-state index contributed by atoms with van der Waals surface area (Å²) in [5.41, 5.74) is 0.351. The van der Waals surface area contributed by atoms with Crippen LogP contribution in [0.2, 0.25) is 0 Å². The molecule has 6 heteroatoms. The molecule has 1 aromatic carbocycles. The third-order valence-corrected chi connectivity index (χ3v) is 3.00. The van der Waals surface area contributed by atoms with E-state index in [2.05, 4.69) is 25.7 Å². The molecule has 0 fully saturated rings. The Kier molecular flexibility index (Phi) is 4.21. The highest BCUT2D eigenvalue weighted by molar-refractivity contribution is 9.10. The Morgan fingerprint density at radius 1 is 1.26 bits per heavy atom. The normalized spacial score (nSPS) is 10.5. The summed E-state index contributed by atoms with van der Waals surface area (Å²) in [6.07, 6.45) is 2.89. The average Bonchev–Trinajstić information content (AvgIpc) is 2.38. The minimum Gasteiger partial charge on any atom is -0.434 e. The highest BCUT2D eigenvalue weighted by atomic mass is 79.9. The number of carbonyl (C=O) groups excluding carboxylic acids is 1. The molecule has 0 spiro atoms. The molecule has 2 aromatic rings. The Hall–Kier alpha value is -1.82. The molecule has 1 aromatic heterocycles. The zero-order valence-electron chi connectivity index (χ0n) is 9.52. The van der Waals surface area contributed by atoms with Gasteiger partial charge in [-0.1, -0.05) is 6.07 Å². The first-order valence-corrected chi connectivity index (χ1v) is 6.07. The van der Waals surface area contributed by atoms with Crippen molar-refractivity contribution < 1.29 is 18.3 Å². The Balaban J connectivity index is 2.46. The second kappa shape index (κ2) is 5.88. The lowest BCUT2D eigenvalue weighted by molar-refractivity contribution is -0.0501. The maximum Gasteiger partial charge on any atom is 0.387 e. The molecule has 0 aliphatic heterocycles. The van der Waals surface area contributed by atoms with Crippen molar-refractivity contribution in [2.24, 2.45) is 0 Å². The van der Waals surface area contributed by atoms with Gasteiger partial charge in [-0.3, -0.25) is 9.78 Å². The largest absolute Gasteiger partial charge is 0.434 e. The molecule has 1 heterocycles. The molecule has 0 saturated carbocycles. The Morgan fingerprint density at radius 2 is 2.05 bits per heavy atom. The minimum absolute atomic E-state index is 0.0517. The number of hydrogen-bond acceptors (Lipinski definition) is 3. The van der Waals surface area contributed by atoms with Crippen LogP contribution in [0.25, 0.3) is 0 Å². The summed E-state index contributed by atoms with van der Waals surface area (Å²) < 4.78 is 29.4. The van der Waals surface area contributed by atoms with Crippen molar-refractivity contribution in [2.75, 3.05) is 0 Å². The molecule has 0 amide bonds. The molecule has 0 aliphatic carbocycles. The van der Waals surface area contributed by atoms with Gasteiger partial charge in [-0.05, 0) is 40.2 Å². The number of aromatic nitrogens is 1. The molecule has 3 nitrogen and oxygen atoms in total. The van der Waals surface area contributed by atoms with E-state index in [9.17, 15) is 13.6 Å². The molecule has 0 radical (unpaired) electrons. The zero-order chi connectivity index (χ0) is 13.8. The van der Waals surface area contributed by atoms with Gasteiger partial charge in [-0.15, -0.1) is 0 Å². The van der Waals surface area contributed by atoms with E-state index >= 15 is 0 Å². The van der Waals surface area contributed by atoms with Crippen molar-refractivity contribution in [3.05, 3.63) is 58.3 Å². The van der Waals surface area contributed by atoms with Crippen molar-refractivity contribution in [1.82, 2.24) is 4.98 Å². The van der Waals surface area contributed by atoms with Gasteiger partial charge in [0.25, 0.3) is 0 Å². The van der Waals surface area contributed by atoms with Gasteiger partial charge < -0.3 is 4.74 Å². The SMILES string of the molecule is O=C(c1cccnc1)c1c(Br)cccc1OC(F)F. The van der Waals surface area contributed by atoms with Crippen molar-refractivity contribution in [3.63, 3.8) is 0 Å². The van der Waals surface area contributed by atoms with E-state index in [1.165, 1.54) is 24.5 Å². The summed E-state index contributed by atoms with van der Waals surface area (Å²) in [6, 6.07) is 7.57. The Labute approximate surface area is 116 Å². The summed E-state index contributed by atoms with van der Waals surface area (Å²) in [6.45, 7) is -2.99. The summed E-state index contributed by atoms with van der Waals surface area (Å²) in [5, 5.41) is 0. The smallest absolute Gasteiger partial charge is 0.387 e. The average molecular weight is 328 g/mol. The molecular weight excluding hydrogens is 320 g/mol. The monoisotopic (exact) mass is 327 g/mol. The zero-order valence-corrected chi connectivity index (χ0v) is 11.1. The predicted molar refractivity (Wildman–Crippen MR) is 68.4 cm³/mol. The molecule has 0 atom stereocenters. The summed E-state index contributed by atoms with van der Waals surface area (Å²) in [5.74, 6) is -0.602. The summed E-state index contributed by atoms with van der Waals surface area (Å²) >= 11 is 3.17. The van der Waals surface area contributed by atoms with Gasteiger partial charge in [0.2, 0.25) is 0 Å². The van der Waals surface area contributed by atoms with Crippen LogP contribution in [-0.4, -0.2) is 17.4 Å². The summed E-state index contributed by atoms with van der Waals surface area (Å²) in [4.78, 5) is 16.1. The minimum atomic E-state index is -2.99. The topological polar surface area (TPSA) is 39.2 Å². The van der Waals surface area contributed by atoms with Crippen molar-refractivity contribution in [1.29, 1.82) is 0 Å². The van der Waals surface area contributed by atoms with Crippen molar-refractivity contribution in [3.8, 4) is 5.75 Å². The van der Waals surface area contributed by atoms with E-state index in [1.807, 2.05) is 0 Å². The number of benzene rings is 1. The van der Waals surface area contributed by atoms with E-state index in [-0.39, 0.29) is 11.3 Å². The van der Waals surface area contributed by atoms with Gasteiger partial charge in [-0.2, -0.15) is 8.78 Å². The molecule has 19 heavy (non-hydrogen) atoms. The van der Waals surface area contributed by atoms with E-state index in [0.717, 1.165) is 0 Å². The number of carbonyl (C=O) groups is 1. The van der Waals surface area contributed by atoms with Crippen LogP contribution in [0.1, 0.15) is 15.9 Å². The van der Waals surface area contributed by atoms with Crippen LogP contribution < -0.4 is 4.74 Å². The van der Waals surface area contributed by atoms with Gasteiger partial charge in [0.05, 0.1) is 5.56 Å². The lowest BCUT2D eigenvalue weighted by atomic mass is 10.0. The van der Waals surface area contributed by atoms with Crippen LogP contribution in [0, 0.1) is 0 Å². The predicted octanol–water partition coefficient (Wildman–Crippen LogP) is 3.68. The third-order valence-electron chi connectivity index (χ3n) is 2.34. The summed E-state index contributed by atoms with van der Waals surface area (Å²) in [7, 11) is 0. The van der Waals surface area contributed by atoms with Gasteiger partial charge in [0, 0.05) is 22.4 Å². The molecule has 0 N–H and O–H groups in total. The molecule has 0 bridgehead atoms. The molecule has 0 saturated heterocycles. The maximum atomic E-state index is 12.3. The number of ether oxygens (including phenoxy) is 1. The van der Waals surface area contributed by atoms with Crippen LogP contribution in [-0.2, 0) is 0 Å². The van der Waals surface area contributed by atoms with Gasteiger partial charge >= 0.3 is 6.61 Å². The third kappa shape index (κ3) is 3.14. The fourth-order valence-corrected chi connectivity index (χ4v) is 2.09. The van der Waals surface area contributed by atoms with Crippen molar-refractivity contribution in [2.45, 2.75) is 6.61 Å². The quantitative estimate of drug-likeness (QED) is 0.804. The highest BCUT2D eigenvalue weighted by Crippen LogP contribution is 2.30. The number of nitrogens with zero attached hydrogens (tertiary/aromatic N) is 1. The van der Waals surface area contributed by atoms with Crippen LogP contribution >= 0.6 is 15.9 Å². The first-order chi connectivity index (χ1) is 9.09. The number of halogens is 3. The van der Waals surface area contributed by atoms with Gasteiger partial charge in [0.1, 0.15) is 5.75 Å². The first kappa shape index (κ1) is 13.6. The molecule has 0 aliphatic rings. The first-order valence-electron chi connectivity index (χ1n) is 5.27. The maximum absolute atomic E-state index is 12.3. The molecular formula is C13H8BrF2NO2. The molecule has 0 unspecified atom stereocenters. The van der Waals surface area contributed by atoms with E-state index in [0.29, 0.717) is 10.0 Å². The molecule has 98 valence electrons. The van der Waals surface area contributed by atoms with Crippen LogP contribution in [0.15, 0.2) is 47.2 Å². The van der Waals surface area contributed by atoms with E-state index in [4.69, 9.17) is 0 Å². The van der Waals surface area contributed by atoms with E-state index in [1.54, 1.807) is 18.2 Å². The molecule has 2 rings (SSSR count). The van der Waals surface area contributed by atoms with Gasteiger partial charge in [0.15, 0.2) is 5.78 Å². The highest BCUT2D eigenvalue weighted by Gasteiger charge is 2.20. The lowest BCUT2D eigenvalue weighted by Crippen LogP contribution is -2.09. The second-order valence-corrected chi connectivity index (χ2v) is 4.42. The van der Waals surface area contributed by atoms with Crippen LogP contribution in [0.4, 0.5) is 8.78 Å². The van der Waals surface area contributed by atoms with Crippen LogP contribution in [0.3, 0.4) is 0 Å². The second-order valence-electron chi connectivity index (χ2n) is 3.56. The Bertz CT molecular complexity index is 590. The number of alkyl halides is 2. The number of hydrogen-bond donors (Lipinski definition) is 0. The fraction of sp³-hybridized carbons (Fsp3) is 0.0769. The van der Waals surface area contributed by atoms with Crippen molar-refractivity contribution >= 4 is 21.7 Å². The van der Waals surface area contributed by atoms with Gasteiger partial charge in [-0.25, -0.2) is 0 Å². The van der Waals surface area contributed by atoms with Crippen LogP contribution in [0.5, 0.6) is 5.75 Å². The number of pyridine rings is 1. The Morgan fingerprint density at radius 3 is 2.68 bits per heavy atom. The number of rotatable bonds is 4. The number of ketones is 1.